The Hall–Kier alpha value is -3.30. The third-order valence-corrected chi connectivity index (χ3v) is 10.6. The zero-order valence-electron chi connectivity index (χ0n) is 25.3. The Bertz CT molecular complexity index is 1340. The number of piperidine rings is 1. The number of nitrogens with zero attached hydrogens (tertiary/aromatic N) is 3. The third-order valence-electron chi connectivity index (χ3n) is 10.6. The molecule has 6 rings (SSSR count). The fourth-order valence-electron chi connectivity index (χ4n) is 8.26. The number of halogens is 2. The first-order chi connectivity index (χ1) is 21.2. The molecule has 3 aliphatic heterocycles. The molecule has 1 aliphatic carbocycles. The van der Waals surface area contributed by atoms with Crippen molar-refractivity contribution in [1.29, 1.82) is 0 Å². The average Bonchev–Trinajstić information content (AvgIpc) is 3.73. The lowest BCUT2D eigenvalue weighted by Crippen LogP contribution is -2.55. The Labute approximate surface area is 258 Å². The number of carbonyl (C=O) groups excluding carboxylic acids is 2. The number of carbonyl (C=O) groups is 2. The van der Waals surface area contributed by atoms with Crippen LogP contribution in [0, 0.1) is 23.5 Å². The van der Waals surface area contributed by atoms with Crippen molar-refractivity contribution in [3.8, 4) is 0 Å². The van der Waals surface area contributed by atoms with E-state index >= 15 is 0 Å². The van der Waals surface area contributed by atoms with Crippen LogP contribution in [0.4, 0.5) is 13.6 Å². The highest BCUT2D eigenvalue weighted by Crippen LogP contribution is 2.44. The van der Waals surface area contributed by atoms with Crippen LogP contribution in [0.15, 0.2) is 61.2 Å². The van der Waals surface area contributed by atoms with Crippen molar-refractivity contribution in [1.82, 2.24) is 20.0 Å². The van der Waals surface area contributed by atoms with Crippen LogP contribution < -0.4 is 5.32 Å². The zero-order chi connectivity index (χ0) is 30.8. The molecule has 4 fully saturated rings. The number of urea groups is 1. The van der Waals surface area contributed by atoms with Crippen LogP contribution in [0.25, 0.3) is 0 Å². The molecule has 44 heavy (non-hydrogen) atoms. The summed E-state index contributed by atoms with van der Waals surface area (Å²) in [5.41, 5.74) is 0.0272. The van der Waals surface area contributed by atoms with Crippen LogP contribution >= 0.6 is 0 Å². The zero-order valence-corrected chi connectivity index (χ0v) is 25.3. The lowest BCUT2D eigenvalue weighted by atomic mass is 9.82. The van der Waals surface area contributed by atoms with E-state index in [0.29, 0.717) is 31.7 Å². The smallest absolute Gasteiger partial charge is 0.318 e. The van der Waals surface area contributed by atoms with Gasteiger partial charge >= 0.3 is 6.03 Å². The highest BCUT2D eigenvalue weighted by Gasteiger charge is 2.52. The maximum atomic E-state index is 14.4. The molecule has 4 atom stereocenters. The van der Waals surface area contributed by atoms with E-state index in [1.165, 1.54) is 24.3 Å². The van der Waals surface area contributed by atoms with Crippen molar-refractivity contribution in [3.05, 3.63) is 83.9 Å². The Kier molecular flexibility index (Phi) is 9.06. The Morgan fingerprint density at radius 1 is 1.02 bits per heavy atom. The van der Waals surface area contributed by atoms with E-state index < -0.39 is 11.4 Å². The maximum Gasteiger partial charge on any atom is 0.318 e. The van der Waals surface area contributed by atoms with Crippen LogP contribution in [-0.2, 0) is 16.9 Å². The van der Waals surface area contributed by atoms with Gasteiger partial charge < -0.3 is 20.2 Å². The van der Waals surface area contributed by atoms with E-state index in [-0.39, 0.29) is 54.3 Å². The summed E-state index contributed by atoms with van der Waals surface area (Å²) in [7, 11) is 0. The summed E-state index contributed by atoms with van der Waals surface area (Å²) in [4.78, 5) is 33.0. The third kappa shape index (κ3) is 6.26. The van der Waals surface area contributed by atoms with E-state index in [1.807, 2.05) is 9.80 Å². The number of fused-ring (bicyclic) bond motifs is 2. The summed E-state index contributed by atoms with van der Waals surface area (Å²) in [6.45, 7) is 5.88. The number of likely N-dealkylation sites (tertiary alicyclic amines) is 1. The molecule has 0 aromatic heterocycles. The van der Waals surface area contributed by atoms with Crippen LogP contribution in [0.5, 0.6) is 0 Å². The first-order valence-electron chi connectivity index (χ1n) is 16.2. The van der Waals surface area contributed by atoms with Crippen LogP contribution in [0.3, 0.4) is 0 Å². The normalized spacial score (nSPS) is 28.8. The predicted octanol–water partition coefficient (Wildman–Crippen LogP) is 5.19. The number of hydrogen-bond acceptors (Lipinski definition) is 4. The number of aliphatic hydroxyl groups is 1. The van der Waals surface area contributed by atoms with Gasteiger partial charge in [0, 0.05) is 56.1 Å². The minimum absolute atomic E-state index is 0.0162. The van der Waals surface area contributed by atoms with Gasteiger partial charge in [-0.1, -0.05) is 43.2 Å². The summed E-state index contributed by atoms with van der Waals surface area (Å²) in [6.07, 6.45) is 9.31. The van der Waals surface area contributed by atoms with Crippen molar-refractivity contribution in [2.45, 2.75) is 81.6 Å². The molecule has 7 nitrogen and oxygen atoms in total. The lowest BCUT2D eigenvalue weighted by Gasteiger charge is -2.45. The SMILES string of the molecule is C=CCN(C(=O)NCc1ccc(F)cc1)C1CC2CCC(C1)N2C[C@H]1CN(C(=O)C2CCCC2)C[C@]1(O)c1cccc(F)c1. The predicted molar refractivity (Wildman–Crippen MR) is 164 cm³/mol. The van der Waals surface area contributed by atoms with Crippen molar-refractivity contribution >= 4 is 11.9 Å². The number of rotatable bonds is 9. The second-order valence-electron chi connectivity index (χ2n) is 13.3. The standard InChI is InChI=1S/C35H44F2N4O3/c1-2-16-40(34(43)38-20-24-10-12-28(36)13-11-24)32-18-30-14-15-31(19-32)41(30)22-27-21-39(33(42)25-6-3-4-7-25)23-35(27,44)26-8-5-9-29(37)17-26/h2,5,8-13,17,25,27,30-32,44H,1,3-4,6-7,14-16,18-23H2,(H,38,43)/t27-,30?,31?,32?,35+/m1/s1. The monoisotopic (exact) mass is 606 g/mol. The molecular formula is C35H44F2N4O3. The van der Waals surface area contributed by atoms with Gasteiger partial charge in [0.15, 0.2) is 0 Å². The van der Waals surface area contributed by atoms with Gasteiger partial charge in [-0.05, 0) is 73.9 Å². The van der Waals surface area contributed by atoms with Gasteiger partial charge in [0.1, 0.15) is 17.2 Å². The van der Waals surface area contributed by atoms with E-state index in [1.54, 1.807) is 30.3 Å². The van der Waals surface area contributed by atoms with E-state index in [2.05, 4.69) is 16.8 Å². The molecule has 3 heterocycles. The molecule has 2 N–H and O–H groups in total. The van der Waals surface area contributed by atoms with E-state index in [0.717, 1.165) is 56.9 Å². The molecule has 3 saturated heterocycles. The number of β-amino-alcohol motifs (C(OH)–C–C–N with tert-alkyl or cyclic N) is 1. The summed E-state index contributed by atoms with van der Waals surface area (Å²) in [5, 5.41) is 15.2. The van der Waals surface area contributed by atoms with E-state index in [4.69, 9.17) is 0 Å². The van der Waals surface area contributed by atoms with Crippen LogP contribution in [-0.4, -0.2) is 76.0 Å². The molecular weight excluding hydrogens is 562 g/mol. The minimum Gasteiger partial charge on any atom is -0.383 e. The Morgan fingerprint density at radius 3 is 2.39 bits per heavy atom. The lowest BCUT2D eigenvalue weighted by molar-refractivity contribution is -0.135. The number of hydrogen-bond donors (Lipinski definition) is 2. The molecule has 4 aliphatic rings. The van der Waals surface area contributed by atoms with Crippen molar-refractivity contribution in [2.24, 2.45) is 11.8 Å². The maximum absolute atomic E-state index is 14.4. The summed E-state index contributed by atoms with van der Waals surface area (Å²) in [6, 6.07) is 12.7. The topological polar surface area (TPSA) is 76.1 Å². The summed E-state index contributed by atoms with van der Waals surface area (Å²) in [5.74, 6) is -0.819. The van der Waals surface area contributed by atoms with Crippen molar-refractivity contribution in [3.63, 3.8) is 0 Å². The molecule has 0 radical (unpaired) electrons. The van der Waals surface area contributed by atoms with Gasteiger partial charge in [-0.15, -0.1) is 6.58 Å². The fraction of sp³-hybridized carbons (Fsp3) is 0.543. The van der Waals surface area contributed by atoms with Gasteiger partial charge in [-0.25, -0.2) is 13.6 Å². The molecule has 2 unspecified atom stereocenters. The first-order valence-corrected chi connectivity index (χ1v) is 16.2. The van der Waals surface area contributed by atoms with Gasteiger partial charge in [0.25, 0.3) is 0 Å². The molecule has 9 heteroatoms. The largest absolute Gasteiger partial charge is 0.383 e. The molecule has 2 aromatic rings. The first kappa shape index (κ1) is 30.7. The number of amides is 3. The quantitative estimate of drug-likeness (QED) is 0.385. The Morgan fingerprint density at radius 2 is 1.73 bits per heavy atom. The average molecular weight is 607 g/mol. The fourth-order valence-corrected chi connectivity index (χ4v) is 8.26. The van der Waals surface area contributed by atoms with Gasteiger partial charge in [-0.2, -0.15) is 0 Å². The van der Waals surface area contributed by atoms with Gasteiger partial charge in [0.05, 0.1) is 6.54 Å². The highest BCUT2D eigenvalue weighted by molar-refractivity contribution is 5.79. The van der Waals surface area contributed by atoms with Gasteiger partial charge in [-0.3, -0.25) is 9.69 Å². The number of nitrogens with one attached hydrogen (secondary N) is 1. The minimum atomic E-state index is -1.33. The van der Waals surface area contributed by atoms with Crippen LogP contribution in [0.1, 0.15) is 62.5 Å². The second-order valence-corrected chi connectivity index (χ2v) is 13.3. The van der Waals surface area contributed by atoms with Crippen molar-refractivity contribution < 1.29 is 23.5 Å². The summed E-state index contributed by atoms with van der Waals surface area (Å²) >= 11 is 0. The molecule has 3 amide bonds. The second kappa shape index (κ2) is 13.0. The molecule has 236 valence electrons. The van der Waals surface area contributed by atoms with Crippen LogP contribution in [0.2, 0.25) is 0 Å². The summed E-state index contributed by atoms with van der Waals surface area (Å²) < 4.78 is 27.7. The van der Waals surface area contributed by atoms with Crippen molar-refractivity contribution in [2.75, 3.05) is 26.2 Å². The highest BCUT2D eigenvalue weighted by atomic mass is 19.1. The van der Waals surface area contributed by atoms with Gasteiger partial charge in [0.2, 0.25) is 5.91 Å². The number of benzene rings is 2. The molecule has 2 aromatic carbocycles. The van der Waals surface area contributed by atoms with E-state index in [9.17, 15) is 23.5 Å². The molecule has 2 bridgehead atoms. The molecule has 0 spiro atoms. The molecule has 1 saturated carbocycles. The Balaban J connectivity index is 1.15.